The Morgan fingerprint density at radius 2 is 1.71 bits per heavy atom. The molecule has 4 unspecified atom stereocenters. The molecule has 1 aliphatic rings. The van der Waals surface area contributed by atoms with Gasteiger partial charge in [0.1, 0.15) is 0 Å². The number of nitrogens with one attached hydrogen (secondary N) is 1. The molecule has 6 nitrogen and oxygen atoms in total. The zero-order chi connectivity index (χ0) is 27.8. The van der Waals surface area contributed by atoms with Gasteiger partial charge in [-0.15, -0.1) is 11.3 Å². The van der Waals surface area contributed by atoms with Crippen LogP contribution in [0.4, 0.5) is 5.13 Å². The molecule has 4 atom stereocenters. The Morgan fingerprint density at radius 3 is 2.34 bits per heavy atom. The van der Waals surface area contributed by atoms with E-state index in [0.717, 1.165) is 16.8 Å². The average Bonchev–Trinajstić information content (AvgIpc) is 3.36. The number of hydrogen-bond donors (Lipinski definition) is 1. The van der Waals surface area contributed by atoms with Crippen LogP contribution in [-0.2, 0) is 11.2 Å². The van der Waals surface area contributed by atoms with Gasteiger partial charge in [0.05, 0.1) is 11.1 Å². The molecule has 0 saturated carbocycles. The van der Waals surface area contributed by atoms with Crippen molar-refractivity contribution in [1.29, 1.82) is 0 Å². The number of carbonyl (C=O) groups excluding carboxylic acids is 1. The molecule has 1 aliphatic carbocycles. The third-order valence-electron chi connectivity index (χ3n) is 7.01. The van der Waals surface area contributed by atoms with E-state index in [-0.39, 0.29) is 29.1 Å². The van der Waals surface area contributed by atoms with E-state index in [4.69, 9.17) is 0 Å². The number of nitro groups is 1. The molecule has 1 amide bonds. The lowest BCUT2D eigenvalue weighted by atomic mass is 9.62. The van der Waals surface area contributed by atoms with Crippen LogP contribution in [0.5, 0.6) is 0 Å². The van der Waals surface area contributed by atoms with E-state index in [2.05, 4.69) is 17.2 Å². The summed E-state index contributed by atoms with van der Waals surface area (Å²) in [5.41, 5.74) is 0.489. The molecule has 2 aromatic carbocycles. The standard InChI is InChI=1S/C29H31N3O3S.C2H6/c1-21-12-10-11-17-28(2,32(34)35)20-29(3,25(21)23-15-8-5-9-16-23)26(33)31-27-30-24(19-36-27)18-22-13-6-4-7-14-22;1-2/h4-17,19,21,25H,18,20H2,1-3H3,(H,30,31,33);1-2H3/b12-10-,17-11-;. The third kappa shape index (κ3) is 6.64. The van der Waals surface area contributed by atoms with Crippen molar-refractivity contribution in [3.63, 3.8) is 0 Å². The predicted octanol–water partition coefficient (Wildman–Crippen LogP) is 7.68. The summed E-state index contributed by atoms with van der Waals surface area (Å²) in [5.74, 6) is -0.578. The summed E-state index contributed by atoms with van der Waals surface area (Å²) in [6.45, 7) is 9.50. The smallest absolute Gasteiger partial charge is 0.238 e. The van der Waals surface area contributed by atoms with Gasteiger partial charge in [0, 0.05) is 36.0 Å². The normalized spacial score (nSPS) is 26.4. The van der Waals surface area contributed by atoms with E-state index in [1.807, 2.05) is 99.0 Å². The summed E-state index contributed by atoms with van der Waals surface area (Å²) >= 11 is 1.37. The fraction of sp³-hybridized carbons (Fsp3) is 0.355. The molecular formula is C31H37N3O3S. The number of amides is 1. The van der Waals surface area contributed by atoms with Crippen molar-refractivity contribution in [2.45, 2.75) is 58.9 Å². The molecule has 3 aromatic rings. The highest BCUT2D eigenvalue weighted by atomic mass is 32.1. The highest BCUT2D eigenvalue weighted by Crippen LogP contribution is 2.49. The van der Waals surface area contributed by atoms with Gasteiger partial charge in [0.25, 0.3) is 0 Å². The zero-order valence-corrected chi connectivity index (χ0v) is 23.6. The van der Waals surface area contributed by atoms with Crippen LogP contribution in [0.2, 0.25) is 0 Å². The first-order valence-corrected chi connectivity index (χ1v) is 13.9. The van der Waals surface area contributed by atoms with Gasteiger partial charge in [-0.3, -0.25) is 14.9 Å². The van der Waals surface area contributed by atoms with Crippen molar-refractivity contribution in [3.8, 4) is 0 Å². The van der Waals surface area contributed by atoms with Crippen LogP contribution in [0.25, 0.3) is 0 Å². The largest absolute Gasteiger partial charge is 0.301 e. The predicted molar refractivity (Wildman–Crippen MR) is 156 cm³/mol. The summed E-state index contributed by atoms with van der Waals surface area (Å²) in [5, 5.41) is 17.7. The van der Waals surface area contributed by atoms with E-state index in [1.54, 1.807) is 19.1 Å². The van der Waals surface area contributed by atoms with Crippen molar-refractivity contribution in [3.05, 3.63) is 117 Å². The summed E-state index contributed by atoms with van der Waals surface area (Å²) < 4.78 is 0. The van der Waals surface area contributed by atoms with Gasteiger partial charge in [-0.25, -0.2) is 4.98 Å². The first-order chi connectivity index (χ1) is 18.2. The lowest BCUT2D eigenvalue weighted by Gasteiger charge is -2.41. The number of anilines is 1. The molecule has 1 aromatic heterocycles. The number of nitrogens with zero attached hydrogens (tertiary/aromatic N) is 2. The van der Waals surface area contributed by atoms with Crippen LogP contribution in [-0.4, -0.2) is 21.4 Å². The Labute approximate surface area is 229 Å². The highest BCUT2D eigenvalue weighted by molar-refractivity contribution is 7.13. The second-order valence-corrected chi connectivity index (χ2v) is 10.8. The second kappa shape index (κ2) is 12.8. The van der Waals surface area contributed by atoms with Crippen LogP contribution in [0.1, 0.15) is 63.8 Å². The Bertz CT molecular complexity index is 1270. The summed E-state index contributed by atoms with van der Waals surface area (Å²) in [7, 11) is 0. The van der Waals surface area contributed by atoms with E-state index in [0.29, 0.717) is 11.6 Å². The summed E-state index contributed by atoms with van der Waals surface area (Å²) in [4.78, 5) is 30.6. The van der Waals surface area contributed by atoms with Crippen molar-refractivity contribution in [2.75, 3.05) is 5.32 Å². The molecule has 200 valence electrons. The van der Waals surface area contributed by atoms with Crippen LogP contribution in [0.3, 0.4) is 0 Å². The Morgan fingerprint density at radius 1 is 1.08 bits per heavy atom. The van der Waals surface area contributed by atoms with Crippen LogP contribution < -0.4 is 5.32 Å². The first kappa shape index (κ1) is 29.0. The first-order valence-electron chi connectivity index (χ1n) is 13.1. The van der Waals surface area contributed by atoms with Gasteiger partial charge in [-0.2, -0.15) is 0 Å². The fourth-order valence-electron chi connectivity index (χ4n) is 5.28. The van der Waals surface area contributed by atoms with Crippen molar-refractivity contribution in [2.24, 2.45) is 11.3 Å². The monoisotopic (exact) mass is 531 g/mol. The van der Waals surface area contributed by atoms with Crippen LogP contribution in [0.15, 0.2) is 90.3 Å². The van der Waals surface area contributed by atoms with Gasteiger partial charge >= 0.3 is 0 Å². The number of hydrogen-bond acceptors (Lipinski definition) is 5. The minimum absolute atomic E-state index is 0.0353. The SMILES string of the molecule is CC.CC1/C=C\C=C/C(C)([N+](=O)[O-])CC(C)(C(=O)Nc2nc(Cc3ccccc3)cs2)C1c1ccccc1. The number of thiazole rings is 1. The molecule has 0 radical (unpaired) electrons. The highest BCUT2D eigenvalue weighted by Gasteiger charge is 2.52. The maximum absolute atomic E-state index is 14.1. The molecule has 0 spiro atoms. The third-order valence-corrected chi connectivity index (χ3v) is 7.82. The number of aromatic nitrogens is 1. The molecule has 7 heteroatoms. The average molecular weight is 532 g/mol. The number of rotatable bonds is 6. The summed E-state index contributed by atoms with van der Waals surface area (Å²) in [6.07, 6.45) is 7.90. The lowest BCUT2D eigenvalue weighted by Crippen LogP contribution is -2.48. The van der Waals surface area contributed by atoms with E-state index in [1.165, 1.54) is 11.3 Å². The van der Waals surface area contributed by atoms with E-state index >= 15 is 0 Å². The topological polar surface area (TPSA) is 85.1 Å². The van der Waals surface area contributed by atoms with Gasteiger partial charge < -0.3 is 5.32 Å². The Balaban J connectivity index is 0.00000195. The maximum atomic E-state index is 14.1. The molecule has 1 N–H and O–H groups in total. The molecule has 0 bridgehead atoms. The van der Waals surface area contributed by atoms with Gasteiger partial charge in [0.15, 0.2) is 5.13 Å². The van der Waals surface area contributed by atoms with Gasteiger partial charge in [0.2, 0.25) is 11.4 Å². The van der Waals surface area contributed by atoms with E-state index < -0.39 is 11.0 Å². The van der Waals surface area contributed by atoms with Crippen molar-refractivity contribution < 1.29 is 9.72 Å². The van der Waals surface area contributed by atoms with Crippen LogP contribution >= 0.6 is 11.3 Å². The molecule has 0 saturated heterocycles. The van der Waals surface area contributed by atoms with Crippen molar-refractivity contribution in [1.82, 2.24) is 4.98 Å². The number of benzene rings is 2. The quantitative estimate of drug-likeness (QED) is 0.261. The van der Waals surface area contributed by atoms with Crippen molar-refractivity contribution >= 4 is 22.4 Å². The molecule has 4 rings (SSSR count). The van der Waals surface area contributed by atoms with Gasteiger partial charge in [-0.1, -0.05) is 99.7 Å². The molecule has 0 fully saturated rings. The molecule has 1 heterocycles. The molecule has 0 aliphatic heterocycles. The minimum Gasteiger partial charge on any atom is -0.301 e. The number of carbonyl (C=O) groups is 1. The van der Waals surface area contributed by atoms with Gasteiger partial charge in [-0.05, 0) is 30.0 Å². The minimum atomic E-state index is -1.41. The van der Waals surface area contributed by atoms with E-state index in [9.17, 15) is 14.9 Å². The lowest BCUT2D eigenvalue weighted by molar-refractivity contribution is -0.554. The fourth-order valence-corrected chi connectivity index (χ4v) is 5.98. The Hall–Kier alpha value is -3.58. The molecule has 38 heavy (non-hydrogen) atoms. The molecular weight excluding hydrogens is 494 g/mol. The van der Waals surface area contributed by atoms with Crippen LogP contribution in [0, 0.1) is 21.4 Å². The summed E-state index contributed by atoms with van der Waals surface area (Å²) in [6, 6.07) is 19.8. The second-order valence-electron chi connectivity index (χ2n) is 9.96. The Kier molecular flexibility index (Phi) is 9.75. The zero-order valence-electron chi connectivity index (χ0n) is 22.8. The number of allylic oxidation sites excluding steroid dienone is 3. The maximum Gasteiger partial charge on any atom is 0.238 e.